The summed E-state index contributed by atoms with van der Waals surface area (Å²) in [4.78, 5) is 15.4. The minimum Gasteiger partial charge on any atom is -0.505 e. The second-order valence-corrected chi connectivity index (χ2v) is 6.86. The van der Waals surface area contributed by atoms with Gasteiger partial charge in [0.2, 0.25) is 5.88 Å². The van der Waals surface area contributed by atoms with Gasteiger partial charge in [-0.2, -0.15) is 0 Å². The van der Waals surface area contributed by atoms with E-state index in [0.29, 0.717) is 24.2 Å². The van der Waals surface area contributed by atoms with Gasteiger partial charge in [0.05, 0.1) is 5.69 Å². The molecule has 0 saturated heterocycles. The van der Waals surface area contributed by atoms with E-state index in [2.05, 4.69) is 10.3 Å². The summed E-state index contributed by atoms with van der Waals surface area (Å²) in [7, 11) is 0. The van der Waals surface area contributed by atoms with Gasteiger partial charge < -0.3 is 20.5 Å². The molecule has 2 aromatic carbocycles. The van der Waals surface area contributed by atoms with Crippen LogP contribution in [-0.2, 0) is 12.8 Å². The number of aryl methyl sites for hydroxylation is 2. The fourth-order valence-electron chi connectivity index (χ4n) is 3.14. The Morgan fingerprint density at radius 3 is 2.37 bits per heavy atom. The van der Waals surface area contributed by atoms with Crippen LogP contribution in [0.1, 0.15) is 46.9 Å². The van der Waals surface area contributed by atoms with Crippen LogP contribution in [0.25, 0.3) is 0 Å². The fourth-order valence-corrected chi connectivity index (χ4v) is 3.14. The van der Waals surface area contributed by atoms with E-state index >= 15 is 0 Å². The lowest BCUT2D eigenvalue weighted by Gasteiger charge is -2.13. The quantitative estimate of drug-likeness (QED) is 0.516. The second-order valence-electron chi connectivity index (χ2n) is 6.86. The molecule has 1 aromatic heterocycles. The topological polar surface area (TPSA) is 85.4 Å². The van der Waals surface area contributed by atoms with Gasteiger partial charge in [-0.05, 0) is 36.0 Å². The molecule has 27 heavy (non-hydrogen) atoms. The van der Waals surface area contributed by atoms with Crippen molar-refractivity contribution >= 4 is 11.6 Å². The number of H-pyrrole nitrogens is 1. The third-order valence-corrected chi connectivity index (χ3v) is 4.59. The Morgan fingerprint density at radius 1 is 1.00 bits per heavy atom. The molecule has 0 aliphatic carbocycles. The first kappa shape index (κ1) is 18.6. The fraction of sp³-hybridized carbons (Fsp3) is 0.227. The molecule has 0 atom stereocenters. The van der Waals surface area contributed by atoms with E-state index in [0.717, 1.165) is 11.1 Å². The van der Waals surface area contributed by atoms with Gasteiger partial charge in [0, 0.05) is 5.69 Å². The number of carbonyl (C=O) groups excluding carboxylic acids is 1. The number of aromatic amines is 1. The Balaban J connectivity index is 1.79. The number of carbonyl (C=O) groups is 1. The van der Waals surface area contributed by atoms with E-state index in [4.69, 9.17) is 0 Å². The Hall–Kier alpha value is -3.21. The van der Waals surface area contributed by atoms with Crippen molar-refractivity contribution in [3.05, 3.63) is 77.0 Å². The number of aromatic nitrogens is 1. The number of anilines is 1. The number of hydrogen-bond donors (Lipinski definition) is 4. The third kappa shape index (κ3) is 4.14. The average Bonchev–Trinajstić information content (AvgIpc) is 2.94. The molecule has 5 heteroatoms. The van der Waals surface area contributed by atoms with Gasteiger partial charge in [-0.1, -0.05) is 62.4 Å². The number of aromatic hydroxyl groups is 2. The highest BCUT2D eigenvalue weighted by molar-refractivity contribution is 6.08. The Morgan fingerprint density at radius 2 is 1.67 bits per heavy atom. The van der Waals surface area contributed by atoms with Crippen LogP contribution in [0.15, 0.2) is 54.6 Å². The predicted molar refractivity (Wildman–Crippen MR) is 106 cm³/mol. The lowest BCUT2D eigenvalue weighted by Crippen LogP contribution is -2.13. The molecule has 3 aromatic rings. The van der Waals surface area contributed by atoms with Crippen molar-refractivity contribution in [1.82, 2.24) is 4.98 Å². The van der Waals surface area contributed by atoms with Gasteiger partial charge >= 0.3 is 0 Å². The van der Waals surface area contributed by atoms with Crippen molar-refractivity contribution < 1.29 is 15.0 Å². The number of nitrogens with one attached hydrogen (secondary N) is 2. The van der Waals surface area contributed by atoms with E-state index in [1.54, 1.807) is 0 Å². The lowest BCUT2D eigenvalue weighted by molar-refractivity contribution is 0.102. The molecule has 1 amide bonds. The van der Waals surface area contributed by atoms with Crippen molar-refractivity contribution in [3.8, 4) is 11.6 Å². The lowest BCUT2D eigenvalue weighted by atomic mass is 10.0. The monoisotopic (exact) mass is 364 g/mol. The largest absolute Gasteiger partial charge is 0.505 e. The Kier molecular flexibility index (Phi) is 5.50. The maximum Gasteiger partial charge on any atom is 0.264 e. The number of amides is 1. The molecule has 140 valence electrons. The molecule has 0 unspecified atom stereocenters. The number of rotatable bonds is 6. The zero-order valence-electron chi connectivity index (χ0n) is 15.5. The zero-order valence-corrected chi connectivity index (χ0v) is 15.5. The van der Waals surface area contributed by atoms with Crippen molar-refractivity contribution in [2.45, 2.75) is 32.6 Å². The number of para-hydroxylation sites is 1. The minimum absolute atomic E-state index is 0.128. The van der Waals surface area contributed by atoms with Gasteiger partial charge in [-0.25, -0.2) is 0 Å². The van der Waals surface area contributed by atoms with Crippen LogP contribution in [0.5, 0.6) is 11.6 Å². The number of benzene rings is 2. The first-order chi connectivity index (χ1) is 13.0. The average molecular weight is 364 g/mol. The van der Waals surface area contributed by atoms with Crippen LogP contribution < -0.4 is 5.32 Å². The summed E-state index contributed by atoms with van der Waals surface area (Å²) in [5.74, 6) is -0.838. The standard InChI is InChI=1S/C22H24N2O3/c1-14(2)16-10-6-7-11-17(16)23-21(26)19-20(25)18(24-22(19)27)13-12-15-8-4-3-5-9-15/h3-11,14,24-25,27H,12-13H2,1-2H3,(H,23,26). The van der Waals surface area contributed by atoms with Gasteiger partial charge in [0.15, 0.2) is 5.75 Å². The van der Waals surface area contributed by atoms with Crippen molar-refractivity contribution in [2.75, 3.05) is 5.32 Å². The molecular weight excluding hydrogens is 340 g/mol. The molecule has 4 N–H and O–H groups in total. The highest BCUT2D eigenvalue weighted by atomic mass is 16.3. The maximum absolute atomic E-state index is 12.7. The smallest absolute Gasteiger partial charge is 0.264 e. The maximum atomic E-state index is 12.7. The van der Waals surface area contributed by atoms with Crippen molar-refractivity contribution in [1.29, 1.82) is 0 Å². The molecule has 1 heterocycles. The van der Waals surface area contributed by atoms with Crippen LogP contribution in [0.2, 0.25) is 0 Å². The van der Waals surface area contributed by atoms with Gasteiger partial charge in [-0.15, -0.1) is 0 Å². The van der Waals surface area contributed by atoms with Gasteiger partial charge in [0.1, 0.15) is 5.56 Å². The molecule has 0 fully saturated rings. The molecule has 0 saturated carbocycles. The highest BCUT2D eigenvalue weighted by Crippen LogP contribution is 2.33. The predicted octanol–water partition coefficient (Wildman–Crippen LogP) is 4.59. The first-order valence-corrected chi connectivity index (χ1v) is 9.04. The minimum atomic E-state index is -0.541. The van der Waals surface area contributed by atoms with Crippen molar-refractivity contribution in [3.63, 3.8) is 0 Å². The summed E-state index contributed by atoms with van der Waals surface area (Å²) in [6.45, 7) is 4.08. The normalized spacial score (nSPS) is 10.9. The zero-order chi connectivity index (χ0) is 19.4. The summed E-state index contributed by atoms with van der Waals surface area (Å²) >= 11 is 0. The highest BCUT2D eigenvalue weighted by Gasteiger charge is 2.23. The first-order valence-electron chi connectivity index (χ1n) is 9.04. The molecule has 0 aliphatic rings. The van der Waals surface area contributed by atoms with E-state index in [1.165, 1.54) is 0 Å². The second kappa shape index (κ2) is 7.99. The van der Waals surface area contributed by atoms with Crippen molar-refractivity contribution in [2.24, 2.45) is 0 Å². The molecule has 3 rings (SSSR count). The molecule has 0 radical (unpaired) electrons. The summed E-state index contributed by atoms with van der Waals surface area (Å²) < 4.78 is 0. The van der Waals surface area contributed by atoms with E-state index in [1.807, 2.05) is 68.4 Å². The molecule has 0 bridgehead atoms. The van der Waals surface area contributed by atoms with Crippen LogP contribution in [0.4, 0.5) is 5.69 Å². The van der Waals surface area contributed by atoms with Crippen LogP contribution in [0.3, 0.4) is 0 Å². The molecule has 5 nitrogen and oxygen atoms in total. The Labute approximate surface area is 158 Å². The summed E-state index contributed by atoms with van der Waals surface area (Å²) in [6, 6.07) is 17.3. The summed E-state index contributed by atoms with van der Waals surface area (Å²) in [6.07, 6.45) is 1.17. The van der Waals surface area contributed by atoms with Crippen LogP contribution in [-0.4, -0.2) is 21.1 Å². The van der Waals surface area contributed by atoms with Crippen LogP contribution in [0, 0.1) is 0 Å². The van der Waals surface area contributed by atoms with Crippen LogP contribution >= 0.6 is 0 Å². The molecule has 0 aliphatic heterocycles. The number of hydrogen-bond acceptors (Lipinski definition) is 3. The van der Waals surface area contributed by atoms with Gasteiger partial charge in [-0.3, -0.25) is 4.79 Å². The Bertz CT molecular complexity index is 930. The summed E-state index contributed by atoms with van der Waals surface area (Å²) in [5, 5.41) is 23.4. The van der Waals surface area contributed by atoms with E-state index < -0.39 is 5.91 Å². The van der Waals surface area contributed by atoms with E-state index in [9.17, 15) is 15.0 Å². The SMILES string of the molecule is CC(C)c1ccccc1NC(=O)c1c(O)[nH]c(CCc2ccccc2)c1O. The molecular formula is C22H24N2O3. The van der Waals surface area contributed by atoms with E-state index in [-0.39, 0.29) is 23.1 Å². The molecule has 0 spiro atoms. The summed E-state index contributed by atoms with van der Waals surface area (Å²) in [5.41, 5.74) is 3.09. The van der Waals surface area contributed by atoms with Gasteiger partial charge in [0.25, 0.3) is 5.91 Å². The third-order valence-electron chi connectivity index (χ3n) is 4.59.